The van der Waals surface area contributed by atoms with Gasteiger partial charge >= 0.3 is 0 Å². The van der Waals surface area contributed by atoms with E-state index in [1.165, 1.54) is 4.70 Å². The zero-order valence-corrected chi connectivity index (χ0v) is 10.5. The van der Waals surface area contributed by atoms with Crippen molar-refractivity contribution in [2.45, 2.75) is 20.3 Å². The van der Waals surface area contributed by atoms with Crippen LogP contribution < -0.4 is 10.6 Å². The van der Waals surface area contributed by atoms with Crippen molar-refractivity contribution in [1.82, 2.24) is 4.98 Å². The number of aromatic nitrogens is 1. The molecule has 2 aromatic rings. The van der Waals surface area contributed by atoms with Gasteiger partial charge in [-0.2, -0.15) is 0 Å². The molecule has 1 aromatic heterocycles. The molecule has 4 heteroatoms. The van der Waals surface area contributed by atoms with E-state index in [4.69, 9.17) is 5.73 Å². The van der Waals surface area contributed by atoms with E-state index in [1.54, 1.807) is 11.3 Å². The van der Waals surface area contributed by atoms with E-state index in [9.17, 15) is 0 Å². The monoisotopic (exact) mass is 235 g/mol. The number of hydrogen-bond acceptors (Lipinski definition) is 4. The van der Waals surface area contributed by atoms with Crippen molar-refractivity contribution in [2.75, 3.05) is 23.7 Å². The summed E-state index contributed by atoms with van der Waals surface area (Å²) < 4.78 is 1.17. The predicted molar refractivity (Wildman–Crippen MR) is 72.2 cm³/mol. The van der Waals surface area contributed by atoms with E-state index in [-0.39, 0.29) is 0 Å². The summed E-state index contributed by atoms with van der Waals surface area (Å²) in [5.41, 5.74) is 7.62. The highest BCUT2D eigenvalue weighted by molar-refractivity contribution is 7.22. The van der Waals surface area contributed by atoms with Gasteiger partial charge in [-0.15, -0.1) is 0 Å². The molecular weight excluding hydrogens is 218 g/mol. The second-order valence-corrected chi connectivity index (χ2v) is 4.81. The molecule has 0 aliphatic heterocycles. The van der Waals surface area contributed by atoms with Crippen molar-refractivity contribution in [1.29, 1.82) is 0 Å². The highest BCUT2D eigenvalue weighted by Gasteiger charge is 2.09. The van der Waals surface area contributed by atoms with E-state index in [1.807, 2.05) is 18.2 Å². The predicted octanol–water partition coefficient (Wildman–Crippen LogP) is 3.11. The van der Waals surface area contributed by atoms with Gasteiger partial charge in [0.1, 0.15) is 0 Å². The van der Waals surface area contributed by atoms with Crippen molar-refractivity contribution in [3.05, 3.63) is 18.2 Å². The quantitative estimate of drug-likeness (QED) is 0.828. The number of fused-ring (bicyclic) bond motifs is 1. The summed E-state index contributed by atoms with van der Waals surface area (Å²) in [6.45, 7) is 6.42. The van der Waals surface area contributed by atoms with Gasteiger partial charge in [0.25, 0.3) is 0 Å². The minimum absolute atomic E-state index is 0.807. The highest BCUT2D eigenvalue weighted by Crippen LogP contribution is 2.29. The molecule has 0 fully saturated rings. The Labute approximate surface area is 99.9 Å². The lowest BCUT2D eigenvalue weighted by molar-refractivity contribution is 0.789. The summed E-state index contributed by atoms with van der Waals surface area (Å²) >= 11 is 1.72. The average Bonchev–Trinajstić information content (AvgIpc) is 2.68. The van der Waals surface area contributed by atoms with Gasteiger partial charge in [-0.1, -0.05) is 18.3 Å². The Balaban J connectivity index is 2.37. The molecule has 16 heavy (non-hydrogen) atoms. The molecule has 0 radical (unpaired) electrons. The van der Waals surface area contributed by atoms with Crippen molar-refractivity contribution in [3.63, 3.8) is 0 Å². The first-order valence-corrected chi connectivity index (χ1v) is 6.47. The number of thiazole rings is 1. The Morgan fingerprint density at radius 2 is 2.19 bits per heavy atom. The molecule has 0 spiro atoms. The maximum absolute atomic E-state index is 5.77. The lowest BCUT2D eigenvalue weighted by atomic mass is 10.3. The van der Waals surface area contributed by atoms with Crippen molar-refractivity contribution >= 4 is 32.4 Å². The number of rotatable bonds is 4. The molecule has 0 amide bonds. The van der Waals surface area contributed by atoms with Crippen LogP contribution in [0.3, 0.4) is 0 Å². The summed E-state index contributed by atoms with van der Waals surface area (Å²) in [5, 5.41) is 1.10. The van der Waals surface area contributed by atoms with Crippen LogP contribution in [0.5, 0.6) is 0 Å². The zero-order chi connectivity index (χ0) is 11.5. The van der Waals surface area contributed by atoms with E-state index in [0.29, 0.717) is 0 Å². The first-order valence-electron chi connectivity index (χ1n) is 5.65. The smallest absolute Gasteiger partial charge is 0.186 e. The average molecular weight is 235 g/mol. The number of nitrogen functional groups attached to an aromatic ring is 1. The van der Waals surface area contributed by atoms with Gasteiger partial charge in [0.05, 0.1) is 10.2 Å². The number of nitrogens with zero attached hydrogens (tertiary/aromatic N) is 2. The topological polar surface area (TPSA) is 42.2 Å². The van der Waals surface area contributed by atoms with Gasteiger partial charge in [-0.3, -0.25) is 0 Å². The second-order valence-electron chi connectivity index (χ2n) is 3.80. The summed E-state index contributed by atoms with van der Waals surface area (Å²) in [7, 11) is 0. The second kappa shape index (κ2) is 4.70. The maximum atomic E-state index is 5.77. The molecule has 1 aromatic carbocycles. The molecular formula is C12H17N3S. The largest absolute Gasteiger partial charge is 0.399 e. The summed E-state index contributed by atoms with van der Waals surface area (Å²) in [5.74, 6) is 0. The van der Waals surface area contributed by atoms with Gasteiger partial charge in [-0.25, -0.2) is 4.98 Å². The summed E-state index contributed by atoms with van der Waals surface area (Å²) in [4.78, 5) is 6.94. The van der Waals surface area contributed by atoms with Crippen LogP contribution in [0.15, 0.2) is 18.2 Å². The number of hydrogen-bond donors (Lipinski definition) is 1. The van der Waals surface area contributed by atoms with Gasteiger partial charge in [0.15, 0.2) is 5.13 Å². The summed E-state index contributed by atoms with van der Waals surface area (Å²) in [6.07, 6.45) is 1.14. The fourth-order valence-corrected chi connectivity index (χ4v) is 2.83. The highest BCUT2D eigenvalue weighted by atomic mass is 32.1. The van der Waals surface area contributed by atoms with Gasteiger partial charge in [0.2, 0.25) is 0 Å². The Kier molecular flexibility index (Phi) is 3.29. The fraction of sp³-hybridized carbons (Fsp3) is 0.417. The molecule has 0 atom stereocenters. The number of benzene rings is 1. The molecule has 2 N–H and O–H groups in total. The Morgan fingerprint density at radius 3 is 2.88 bits per heavy atom. The van der Waals surface area contributed by atoms with Crippen LogP contribution >= 0.6 is 11.3 Å². The maximum Gasteiger partial charge on any atom is 0.186 e. The molecule has 0 saturated heterocycles. The Bertz CT molecular complexity index is 478. The molecule has 3 nitrogen and oxygen atoms in total. The van der Waals surface area contributed by atoms with Crippen LogP contribution in [0, 0.1) is 0 Å². The third kappa shape index (κ3) is 2.11. The number of anilines is 2. The van der Waals surface area contributed by atoms with E-state index in [0.717, 1.165) is 35.8 Å². The standard InChI is InChI=1S/C12H17N3S/c1-3-7-15(4-2)12-14-10-6-5-9(13)8-11(10)16-12/h5-6,8H,3-4,7,13H2,1-2H3. The van der Waals surface area contributed by atoms with Gasteiger partial charge in [-0.05, 0) is 31.5 Å². The molecule has 2 rings (SSSR count). The van der Waals surface area contributed by atoms with Crippen molar-refractivity contribution < 1.29 is 0 Å². The van der Waals surface area contributed by atoms with E-state index in [2.05, 4.69) is 23.7 Å². The van der Waals surface area contributed by atoms with E-state index < -0.39 is 0 Å². The van der Waals surface area contributed by atoms with Crippen LogP contribution in [-0.2, 0) is 0 Å². The third-order valence-corrected chi connectivity index (χ3v) is 3.63. The molecule has 0 aliphatic carbocycles. The molecule has 86 valence electrons. The Hall–Kier alpha value is -1.29. The molecule has 0 saturated carbocycles. The first-order chi connectivity index (χ1) is 7.74. The first kappa shape index (κ1) is 11.2. The molecule has 0 bridgehead atoms. The summed E-state index contributed by atoms with van der Waals surface area (Å²) in [6, 6.07) is 5.89. The van der Waals surface area contributed by atoms with Crippen molar-refractivity contribution in [3.8, 4) is 0 Å². The van der Waals surface area contributed by atoms with Gasteiger partial charge < -0.3 is 10.6 Å². The van der Waals surface area contributed by atoms with E-state index >= 15 is 0 Å². The fourth-order valence-electron chi connectivity index (χ4n) is 1.72. The van der Waals surface area contributed by atoms with Crippen LogP contribution in [0.25, 0.3) is 10.2 Å². The lowest BCUT2D eigenvalue weighted by Gasteiger charge is -2.18. The zero-order valence-electron chi connectivity index (χ0n) is 9.73. The molecule has 1 heterocycles. The Morgan fingerprint density at radius 1 is 1.38 bits per heavy atom. The third-order valence-electron chi connectivity index (χ3n) is 2.55. The minimum atomic E-state index is 0.807. The van der Waals surface area contributed by atoms with Crippen molar-refractivity contribution in [2.24, 2.45) is 0 Å². The molecule has 0 aliphatic rings. The minimum Gasteiger partial charge on any atom is -0.399 e. The van der Waals surface area contributed by atoms with Crippen LogP contribution in [0.2, 0.25) is 0 Å². The lowest BCUT2D eigenvalue weighted by Crippen LogP contribution is -2.22. The number of nitrogens with two attached hydrogens (primary N) is 1. The van der Waals surface area contributed by atoms with Gasteiger partial charge in [0, 0.05) is 18.8 Å². The normalized spacial score (nSPS) is 10.9. The van der Waals surface area contributed by atoms with Crippen LogP contribution in [0.4, 0.5) is 10.8 Å². The van der Waals surface area contributed by atoms with Crippen LogP contribution in [-0.4, -0.2) is 18.1 Å². The molecule has 0 unspecified atom stereocenters. The van der Waals surface area contributed by atoms with Crippen LogP contribution in [0.1, 0.15) is 20.3 Å². The SMILES string of the molecule is CCCN(CC)c1nc2ccc(N)cc2s1.